The highest BCUT2D eigenvalue weighted by atomic mass is 127. The number of nitrogens with zero attached hydrogens (tertiary/aromatic N) is 1. The van der Waals surface area contributed by atoms with Crippen LogP contribution in [-0.4, -0.2) is 41.7 Å². The number of ether oxygens (including phenoxy) is 1. The highest BCUT2D eigenvalue weighted by Crippen LogP contribution is 2.13. The molecule has 8 heteroatoms. The molecule has 29 heavy (non-hydrogen) atoms. The molecular weight excluding hydrogens is 504 g/mol. The Morgan fingerprint density at radius 2 is 1.83 bits per heavy atom. The lowest BCUT2D eigenvalue weighted by molar-refractivity contribution is 0.230. The third-order valence-corrected chi connectivity index (χ3v) is 5.11. The minimum atomic E-state index is -0.933. The van der Waals surface area contributed by atoms with Gasteiger partial charge in [0.25, 0.3) is 0 Å². The van der Waals surface area contributed by atoms with Crippen LogP contribution in [0.3, 0.4) is 0 Å². The van der Waals surface area contributed by atoms with E-state index in [2.05, 4.69) is 15.6 Å². The first kappa shape index (κ1) is 25.4. The molecule has 0 aliphatic carbocycles. The molecule has 0 aliphatic heterocycles. The van der Waals surface area contributed by atoms with Crippen LogP contribution < -0.4 is 15.4 Å². The average molecular weight is 533 g/mol. The SMILES string of the molecule is CCNC(=NCC(C)Oc1ccc(F)cc1)NCCS(=O)Cc1ccccc1.I. The minimum Gasteiger partial charge on any atom is -0.489 e. The highest BCUT2D eigenvalue weighted by molar-refractivity contribution is 14.0. The van der Waals surface area contributed by atoms with Crippen LogP contribution >= 0.6 is 24.0 Å². The number of guanidine groups is 1. The summed E-state index contributed by atoms with van der Waals surface area (Å²) in [7, 11) is -0.933. The zero-order valence-corrected chi connectivity index (χ0v) is 19.9. The standard InChI is InChI=1S/C21H28FN3O2S.HI/c1-3-23-21(24-13-14-28(26)16-18-7-5-4-6-8-18)25-15-17(2)27-20-11-9-19(22)10-12-20;/h4-12,17H,3,13-16H2,1-2H3,(H2,23,24,25);1H. The molecule has 0 heterocycles. The molecule has 160 valence electrons. The van der Waals surface area contributed by atoms with Crippen molar-refractivity contribution in [1.82, 2.24) is 10.6 Å². The van der Waals surface area contributed by atoms with E-state index in [1.54, 1.807) is 12.1 Å². The summed E-state index contributed by atoms with van der Waals surface area (Å²) in [5.74, 6) is 2.08. The molecule has 0 spiro atoms. The molecule has 0 amide bonds. The molecule has 0 bridgehead atoms. The van der Waals surface area contributed by atoms with Crippen LogP contribution in [0.1, 0.15) is 19.4 Å². The maximum atomic E-state index is 12.9. The first-order valence-electron chi connectivity index (χ1n) is 9.40. The molecule has 0 saturated carbocycles. The molecule has 2 atom stereocenters. The van der Waals surface area contributed by atoms with E-state index in [4.69, 9.17) is 4.74 Å². The van der Waals surface area contributed by atoms with Gasteiger partial charge in [-0.3, -0.25) is 4.21 Å². The van der Waals surface area contributed by atoms with Crippen molar-refractivity contribution in [2.75, 3.05) is 25.4 Å². The number of hydrogen-bond acceptors (Lipinski definition) is 3. The van der Waals surface area contributed by atoms with Gasteiger partial charge in [-0.05, 0) is 43.7 Å². The van der Waals surface area contributed by atoms with E-state index in [1.807, 2.05) is 44.2 Å². The molecule has 2 aromatic carbocycles. The average Bonchev–Trinajstić information content (AvgIpc) is 2.68. The number of aliphatic imine (C=N–C) groups is 1. The van der Waals surface area contributed by atoms with Crippen LogP contribution in [0.4, 0.5) is 4.39 Å². The lowest BCUT2D eigenvalue weighted by Gasteiger charge is -2.15. The second kappa shape index (κ2) is 14.3. The first-order chi connectivity index (χ1) is 13.6. The van der Waals surface area contributed by atoms with Gasteiger partial charge in [-0.25, -0.2) is 9.38 Å². The molecule has 2 N–H and O–H groups in total. The van der Waals surface area contributed by atoms with Gasteiger partial charge in [0.15, 0.2) is 5.96 Å². The van der Waals surface area contributed by atoms with E-state index < -0.39 is 10.8 Å². The Bertz CT molecular complexity index is 760. The van der Waals surface area contributed by atoms with Gasteiger partial charge in [0, 0.05) is 35.4 Å². The topological polar surface area (TPSA) is 62.7 Å². The maximum absolute atomic E-state index is 12.9. The zero-order chi connectivity index (χ0) is 20.2. The van der Waals surface area contributed by atoms with Crippen LogP contribution in [-0.2, 0) is 16.6 Å². The second-order valence-corrected chi connectivity index (χ2v) is 7.88. The van der Waals surface area contributed by atoms with Gasteiger partial charge in [0.1, 0.15) is 17.7 Å². The monoisotopic (exact) mass is 533 g/mol. The van der Waals surface area contributed by atoms with Crippen molar-refractivity contribution in [3.8, 4) is 5.75 Å². The Kier molecular flexibility index (Phi) is 12.5. The Labute approximate surface area is 192 Å². The Hall–Kier alpha value is -1.68. The molecule has 0 aliphatic rings. The van der Waals surface area contributed by atoms with Gasteiger partial charge < -0.3 is 15.4 Å². The van der Waals surface area contributed by atoms with Gasteiger partial charge in [-0.15, -0.1) is 24.0 Å². The normalized spacial score (nSPS) is 13.1. The van der Waals surface area contributed by atoms with E-state index in [0.717, 1.165) is 12.1 Å². The molecule has 0 aromatic heterocycles. The van der Waals surface area contributed by atoms with Crippen LogP contribution in [0.2, 0.25) is 0 Å². The van der Waals surface area contributed by atoms with Gasteiger partial charge in [0.2, 0.25) is 0 Å². The molecule has 0 radical (unpaired) electrons. The molecule has 2 unspecified atom stereocenters. The van der Waals surface area contributed by atoms with Crippen LogP contribution in [0.15, 0.2) is 59.6 Å². The predicted molar refractivity (Wildman–Crippen MR) is 129 cm³/mol. The summed E-state index contributed by atoms with van der Waals surface area (Å²) in [6.45, 7) is 5.64. The van der Waals surface area contributed by atoms with E-state index >= 15 is 0 Å². The minimum absolute atomic E-state index is 0. The molecular formula is C21H29FIN3O2S. The number of halogens is 2. The molecule has 2 aromatic rings. The van der Waals surface area contributed by atoms with E-state index in [1.165, 1.54) is 12.1 Å². The zero-order valence-electron chi connectivity index (χ0n) is 16.8. The van der Waals surface area contributed by atoms with E-state index in [9.17, 15) is 8.60 Å². The van der Waals surface area contributed by atoms with Crippen molar-refractivity contribution in [3.05, 3.63) is 66.0 Å². The third-order valence-electron chi connectivity index (χ3n) is 3.79. The Balaban J connectivity index is 0.00000420. The Morgan fingerprint density at radius 3 is 2.48 bits per heavy atom. The van der Waals surface area contributed by atoms with Crippen LogP contribution in [0.5, 0.6) is 5.75 Å². The van der Waals surface area contributed by atoms with Crippen molar-refractivity contribution in [2.24, 2.45) is 4.99 Å². The van der Waals surface area contributed by atoms with Crippen LogP contribution in [0, 0.1) is 5.82 Å². The summed E-state index contributed by atoms with van der Waals surface area (Å²) in [5, 5.41) is 6.37. The predicted octanol–water partition coefficient (Wildman–Crippen LogP) is 3.72. The summed E-state index contributed by atoms with van der Waals surface area (Å²) >= 11 is 0. The first-order valence-corrected chi connectivity index (χ1v) is 10.9. The van der Waals surface area contributed by atoms with Gasteiger partial charge >= 0.3 is 0 Å². The molecule has 0 saturated heterocycles. The Morgan fingerprint density at radius 1 is 1.14 bits per heavy atom. The van der Waals surface area contributed by atoms with Crippen molar-refractivity contribution in [2.45, 2.75) is 25.7 Å². The van der Waals surface area contributed by atoms with E-state index in [-0.39, 0.29) is 35.9 Å². The number of rotatable bonds is 10. The number of benzene rings is 2. The summed E-state index contributed by atoms with van der Waals surface area (Å²) in [5.41, 5.74) is 1.08. The molecule has 0 fully saturated rings. The summed E-state index contributed by atoms with van der Waals surface area (Å²) in [6.07, 6.45) is -0.159. The smallest absolute Gasteiger partial charge is 0.191 e. The molecule has 2 rings (SSSR count). The fourth-order valence-corrected chi connectivity index (χ4v) is 3.50. The second-order valence-electron chi connectivity index (χ2n) is 6.30. The number of nitrogens with one attached hydrogen (secondary N) is 2. The van der Waals surface area contributed by atoms with Crippen molar-refractivity contribution in [1.29, 1.82) is 0 Å². The quantitative estimate of drug-likeness (QED) is 0.278. The lowest BCUT2D eigenvalue weighted by atomic mass is 10.2. The van der Waals surface area contributed by atoms with Crippen molar-refractivity contribution in [3.63, 3.8) is 0 Å². The highest BCUT2D eigenvalue weighted by Gasteiger charge is 2.06. The van der Waals surface area contributed by atoms with Gasteiger partial charge in [-0.2, -0.15) is 0 Å². The third kappa shape index (κ3) is 10.6. The van der Waals surface area contributed by atoms with Gasteiger partial charge in [0.05, 0.1) is 6.54 Å². The summed E-state index contributed by atoms with van der Waals surface area (Å²) in [6, 6.07) is 15.8. The summed E-state index contributed by atoms with van der Waals surface area (Å²) < 4.78 is 30.9. The van der Waals surface area contributed by atoms with Gasteiger partial charge in [-0.1, -0.05) is 30.3 Å². The fraction of sp³-hybridized carbons (Fsp3) is 0.381. The fourth-order valence-electron chi connectivity index (χ4n) is 2.46. The van der Waals surface area contributed by atoms with Crippen LogP contribution in [0.25, 0.3) is 0 Å². The van der Waals surface area contributed by atoms with Crippen molar-refractivity contribution < 1.29 is 13.3 Å². The lowest BCUT2D eigenvalue weighted by Crippen LogP contribution is -2.39. The molecule has 5 nitrogen and oxygen atoms in total. The van der Waals surface area contributed by atoms with E-state index in [0.29, 0.717) is 36.3 Å². The summed E-state index contributed by atoms with van der Waals surface area (Å²) in [4.78, 5) is 4.50. The number of hydrogen-bond donors (Lipinski definition) is 2. The van der Waals surface area contributed by atoms with Crippen molar-refractivity contribution >= 4 is 40.7 Å². The maximum Gasteiger partial charge on any atom is 0.191 e. The largest absolute Gasteiger partial charge is 0.489 e.